The molecule has 32 heavy (non-hydrogen) atoms. The third kappa shape index (κ3) is 3.28. The van der Waals surface area contributed by atoms with E-state index < -0.39 is 0 Å². The molecule has 6 rings (SSSR count). The molecule has 0 fully saturated rings. The summed E-state index contributed by atoms with van der Waals surface area (Å²) in [6.45, 7) is 0. The zero-order chi connectivity index (χ0) is 21.7. The van der Waals surface area contributed by atoms with Crippen molar-refractivity contribution in [3.8, 4) is 11.3 Å². The van der Waals surface area contributed by atoms with Gasteiger partial charge in [0.05, 0.1) is 22.0 Å². The minimum absolute atomic E-state index is 0.0494. The summed E-state index contributed by atoms with van der Waals surface area (Å²) in [6.07, 6.45) is 5.08. The Morgan fingerprint density at radius 2 is 1.94 bits per heavy atom. The predicted molar refractivity (Wildman–Crippen MR) is 126 cm³/mol. The maximum absolute atomic E-state index is 13.2. The number of thiazole rings is 1. The molecule has 2 aromatic heterocycles. The minimum atomic E-state index is -0.261. The molecule has 0 spiro atoms. The molecule has 0 saturated heterocycles. The highest BCUT2D eigenvalue weighted by Crippen LogP contribution is 2.32. The van der Waals surface area contributed by atoms with E-state index in [-0.39, 0.29) is 17.8 Å². The average Bonchev–Trinajstić information content (AvgIpc) is 3.37. The van der Waals surface area contributed by atoms with Crippen LogP contribution in [0.15, 0.2) is 72.9 Å². The van der Waals surface area contributed by atoms with Gasteiger partial charge in [0.1, 0.15) is 5.82 Å². The lowest BCUT2D eigenvalue weighted by molar-refractivity contribution is 0.0933. The van der Waals surface area contributed by atoms with Gasteiger partial charge in [0, 0.05) is 17.3 Å². The second kappa shape index (κ2) is 7.57. The van der Waals surface area contributed by atoms with Gasteiger partial charge in [-0.25, -0.2) is 9.37 Å². The molecular weight excluding hydrogens is 421 g/mol. The summed E-state index contributed by atoms with van der Waals surface area (Å²) in [4.78, 5) is 18.6. The molecule has 1 aliphatic rings. The van der Waals surface area contributed by atoms with Crippen LogP contribution in [0.4, 0.5) is 4.39 Å². The number of amides is 1. The van der Waals surface area contributed by atoms with Crippen molar-refractivity contribution in [2.75, 3.05) is 0 Å². The maximum Gasteiger partial charge on any atom is 0.251 e. The van der Waals surface area contributed by atoms with Crippen LogP contribution in [0.2, 0.25) is 0 Å². The fraction of sp³-hybridized carbons (Fsp3) is 0.154. The van der Waals surface area contributed by atoms with Gasteiger partial charge in [-0.3, -0.25) is 9.20 Å². The van der Waals surface area contributed by atoms with Crippen molar-refractivity contribution < 1.29 is 9.18 Å². The van der Waals surface area contributed by atoms with E-state index in [1.54, 1.807) is 23.5 Å². The number of hydrogen-bond donors (Lipinski definition) is 1. The van der Waals surface area contributed by atoms with E-state index in [1.165, 1.54) is 23.3 Å². The van der Waals surface area contributed by atoms with Crippen LogP contribution in [0.1, 0.15) is 40.4 Å². The molecule has 1 atom stereocenters. The fourth-order valence-electron chi connectivity index (χ4n) is 4.55. The summed E-state index contributed by atoms with van der Waals surface area (Å²) in [5.74, 6) is -0.311. The van der Waals surface area contributed by atoms with Gasteiger partial charge in [-0.2, -0.15) is 0 Å². The summed E-state index contributed by atoms with van der Waals surface area (Å²) in [7, 11) is 0. The monoisotopic (exact) mass is 441 g/mol. The number of benzene rings is 3. The van der Waals surface area contributed by atoms with E-state index in [0.29, 0.717) is 5.56 Å². The van der Waals surface area contributed by atoms with E-state index >= 15 is 0 Å². The van der Waals surface area contributed by atoms with Gasteiger partial charge in [0.15, 0.2) is 4.96 Å². The highest BCUT2D eigenvalue weighted by molar-refractivity contribution is 7.23. The van der Waals surface area contributed by atoms with Crippen molar-refractivity contribution >= 4 is 32.4 Å². The van der Waals surface area contributed by atoms with Gasteiger partial charge in [-0.05, 0) is 72.9 Å². The van der Waals surface area contributed by atoms with E-state index in [4.69, 9.17) is 4.98 Å². The molecule has 1 N–H and O–H groups in total. The van der Waals surface area contributed by atoms with E-state index in [9.17, 15) is 9.18 Å². The number of imidazole rings is 1. The number of halogens is 1. The van der Waals surface area contributed by atoms with Crippen LogP contribution < -0.4 is 5.32 Å². The first kappa shape index (κ1) is 19.2. The molecule has 0 aliphatic heterocycles. The summed E-state index contributed by atoms with van der Waals surface area (Å²) in [5.41, 5.74) is 5.90. The van der Waals surface area contributed by atoms with Gasteiger partial charge in [-0.1, -0.05) is 35.6 Å². The molecule has 158 valence electrons. The normalized spacial score (nSPS) is 15.7. The molecule has 4 nitrogen and oxygen atoms in total. The Bertz CT molecular complexity index is 1470. The molecule has 1 aliphatic carbocycles. The SMILES string of the molecule is O=C(N[C@@H]1CCCc2ccccc21)c1ccc2c(c1)sc1nc(-c3ccc(F)cc3)cn12. The fourth-order valence-corrected chi connectivity index (χ4v) is 5.59. The molecule has 0 radical (unpaired) electrons. The van der Waals surface area contributed by atoms with Crippen molar-refractivity contribution in [2.45, 2.75) is 25.3 Å². The number of carbonyl (C=O) groups excluding carboxylic acids is 1. The number of aromatic nitrogens is 2. The molecule has 6 heteroatoms. The molecule has 0 saturated carbocycles. The highest BCUT2D eigenvalue weighted by Gasteiger charge is 2.22. The van der Waals surface area contributed by atoms with Crippen molar-refractivity contribution in [3.63, 3.8) is 0 Å². The van der Waals surface area contributed by atoms with Crippen LogP contribution in [0.3, 0.4) is 0 Å². The van der Waals surface area contributed by atoms with Gasteiger partial charge < -0.3 is 5.32 Å². The van der Waals surface area contributed by atoms with Crippen LogP contribution in [-0.4, -0.2) is 15.3 Å². The van der Waals surface area contributed by atoms with Gasteiger partial charge in [0.2, 0.25) is 0 Å². The largest absolute Gasteiger partial charge is 0.345 e. The quantitative estimate of drug-likeness (QED) is 0.364. The summed E-state index contributed by atoms with van der Waals surface area (Å²) in [5, 5.41) is 3.23. The molecule has 2 heterocycles. The number of nitrogens with zero attached hydrogens (tertiary/aromatic N) is 2. The third-order valence-electron chi connectivity index (χ3n) is 6.17. The number of fused-ring (bicyclic) bond motifs is 4. The van der Waals surface area contributed by atoms with Crippen LogP contribution >= 0.6 is 11.3 Å². The second-order valence-corrected chi connectivity index (χ2v) is 9.20. The van der Waals surface area contributed by atoms with E-state index in [2.05, 4.69) is 23.5 Å². The first-order chi connectivity index (χ1) is 15.7. The molecule has 0 unspecified atom stereocenters. The third-order valence-corrected chi connectivity index (χ3v) is 7.19. The number of hydrogen-bond acceptors (Lipinski definition) is 3. The highest BCUT2D eigenvalue weighted by atomic mass is 32.1. The van der Waals surface area contributed by atoms with Crippen molar-refractivity contribution in [1.29, 1.82) is 0 Å². The van der Waals surface area contributed by atoms with Crippen LogP contribution in [-0.2, 0) is 6.42 Å². The van der Waals surface area contributed by atoms with E-state index in [0.717, 1.165) is 45.7 Å². The summed E-state index contributed by atoms with van der Waals surface area (Å²) in [6, 6.07) is 20.6. The smallest absolute Gasteiger partial charge is 0.251 e. The van der Waals surface area contributed by atoms with Crippen molar-refractivity contribution in [2.24, 2.45) is 0 Å². The molecule has 3 aromatic carbocycles. The molecule has 0 bridgehead atoms. The van der Waals surface area contributed by atoms with Crippen LogP contribution in [0.5, 0.6) is 0 Å². The number of carbonyl (C=O) groups is 1. The molecule has 1 amide bonds. The number of nitrogens with one attached hydrogen (secondary N) is 1. The first-order valence-electron chi connectivity index (χ1n) is 10.7. The van der Waals surface area contributed by atoms with Crippen molar-refractivity contribution in [3.05, 3.63) is 95.4 Å². The second-order valence-electron chi connectivity index (χ2n) is 8.19. The van der Waals surface area contributed by atoms with Gasteiger partial charge in [0.25, 0.3) is 5.91 Å². The lowest BCUT2D eigenvalue weighted by atomic mass is 9.87. The average molecular weight is 442 g/mol. The Balaban J connectivity index is 1.29. The molecular formula is C26H20FN3OS. The summed E-state index contributed by atoms with van der Waals surface area (Å²) < 4.78 is 16.3. The summed E-state index contributed by atoms with van der Waals surface area (Å²) >= 11 is 1.54. The first-order valence-corrected chi connectivity index (χ1v) is 11.5. The Morgan fingerprint density at radius 1 is 1.09 bits per heavy atom. The predicted octanol–water partition coefficient (Wildman–Crippen LogP) is 6.16. The lowest BCUT2D eigenvalue weighted by Gasteiger charge is -2.26. The standard InChI is InChI=1S/C26H20FN3OS/c27-19-11-8-17(9-12-19)22-15-30-23-13-10-18(14-24(23)32-26(30)29-22)25(31)28-21-7-3-5-16-4-1-2-6-20(16)21/h1-2,4,6,8-15,21H,3,5,7H2,(H,28,31)/t21-/m1/s1. The van der Waals surface area contributed by atoms with Crippen LogP contribution in [0, 0.1) is 5.82 Å². The Morgan fingerprint density at radius 3 is 2.81 bits per heavy atom. The number of rotatable bonds is 3. The zero-order valence-corrected chi connectivity index (χ0v) is 18.0. The van der Waals surface area contributed by atoms with Crippen molar-refractivity contribution in [1.82, 2.24) is 14.7 Å². The topological polar surface area (TPSA) is 46.4 Å². The van der Waals surface area contributed by atoms with Gasteiger partial charge >= 0.3 is 0 Å². The minimum Gasteiger partial charge on any atom is -0.345 e. The Labute approximate surface area is 188 Å². The Kier molecular flexibility index (Phi) is 4.54. The van der Waals surface area contributed by atoms with Crippen LogP contribution in [0.25, 0.3) is 26.4 Å². The molecule has 5 aromatic rings. The number of aryl methyl sites for hydroxylation is 1. The Hall–Kier alpha value is -3.51. The zero-order valence-electron chi connectivity index (χ0n) is 17.2. The lowest BCUT2D eigenvalue weighted by Crippen LogP contribution is -2.30. The van der Waals surface area contributed by atoms with E-state index in [1.807, 2.05) is 34.9 Å². The van der Waals surface area contributed by atoms with Gasteiger partial charge in [-0.15, -0.1) is 0 Å². The maximum atomic E-state index is 13.2.